The SMILES string of the molecule is Cc1ccc(S(=O)(=O)N(CC(=O)Nc2cc(Cl)ccc2Oc2ccccc2)Cc2cccc(C)c2)cc1. The topological polar surface area (TPSA) is 75.7 Å². The van der Waals surface area contributed by atoms with Crippen LogP contribution in [0.4, 0.5) is 5.69 Å². The molecule has 0 radical (unpaired) electrons. The first-order valence-corrected chi connectivity index (χ1v) is 13.5. The van der Waals surface area contributed by atoms with Gasteiger partial charge in [-0.05, 0) is 61.9 Å². The Labute approximate surface area is 222 Å². The van der Waals surface area contributed by atoms with E-state index in [2.05, 4.69) is 5.32 Å². The highest BCUT2D eigenvalue weighted by molar-refractivity contribution is 7.89. The Morgan fingerprint density at radius 3 is 2.30 bits per heavy atom. The lowest BCUT2D eigenvalue weighted by Crippen LogP contribution is -2.37. The third kappa shape index (κ3) is 6.98. The van der Waals surface area contributed by atoms with Crippen LogP contribution in [0.2, 0.25) is 5.02 Å². The first-order chi connectivity index (χ1) is 17.7. The Balaban J connectivity index is 1.61. The highest BCUT2D eigenvalue weighted by Gasteiger charge is 2.27. The van der Waals surface area contributed by atoms with Gasteiger partial charge in [-0.25, -0.2) is 8.42 Å². The summed E-state index contributed by atoms with van der Waals surface area (Å²) in [5.74, 6) is 0.447. The number of halogens is 1. The van der Waals surface area contributed by atoms with Gasteiger partial charge in [0.25, 0.3) is 0 Å². The van der Waals surface area contributed by atoms with Crippen LogP contribution >= 0.6 is 11.6 Å². The van der Waals surface area contributed by atoms with Gasteiger partial charge < -0.3 is 10.1 Å². The van der Waals surface area contributed by atoms with Gasteiger partial charge >= 0.3 is 0 Å². The summed E-state index contributed by atoms with van der Waals surface area (Å²) in [7, 11) is -3.97. The zero-order chi connectivity index (χ0) is 26.4. The second-order valence-corrected chi connectivity index (χ2v) is 11.1. The van der Waals surface area contributed by atoms with Crippen LogP contribution in [-0.4, -0.2) is 25.2 Å². The number of hydrogen-bond acceptors (Lipinski definition) is 4. The molecule has 0 aliphatic rings. The molecule has 190 valence electrons. The third-order valence-corrected chi connectivity index (χ3v) is 7.65. The monoisotopic (exact) mass is 534 g/mol. The van der Waals surface area contributed by atoms with E-state index in [4.69, 9.17) is 16.3 Å². The van der Waals surface area contributed by atoms with Crippen LogP contribution < -0.4 is 10.1 Å². The predicted octanol–water partition coefficient (Wildman–Crippen LogP) is 6.58. The average Bonchev–Trinajstić information content (AvgIpc) is 2.86. The lowest BCUT2D eigenvalue weighted by Gasteiger charge is -2.23. The molecular weight excluding hydrogens is 508 g/mol. The van der Waals surface area contributed by atoms with E-state index in [1.807, 2.05) is 56.3 Å². The molecular formula is C29H27ClN2O4S. The number of aryl methyl sites for hydroxylation is 2. The number of ether oxygens (including phenoxy) is 1. The number of anilines is 1. The number of carbonyl (C=O) groups is 1. The van der Waals surface area contributed by atoms with Gasteiger partial charge in [0, 0.05) is 11.6 Å². The van der Waals surface area contributed by atoms with Crippen molar-refractivity contribution in [3.05, 3.63) is 119 Å². The van der Waals surface area contributed by atoms with Crippen molar-refractivity contribution in [2.75, 3.05) is 11.9 Å². The van der Waals surface area contributed by atoms with E-state index in [0.717, 1.165) is 16.7 Å². The molecule has 0 saturated heterocycles. The fourth-order valence-electron chi connectivity index (χ4n) is 3.75. The largest absolute Gasteiger partial charge is 0.455 e. The van der Waals surface area contributed by atoms with Crippen molar-refractivity contribution in [3.63, 3.8) is 0 Å². The lowest BCUT2D eigenvalue weighted by molar-refractivity contribution is -0.116. The van der Waals surface area contributed by atoms with Gasteiger partial charge in [-0.1, -0.05) is 77.3 Å². The van der Waals surface area contributed by atoms with E-state index >= 15 is 0 Å². The molecule has 1 amide bonds. The molecule has 4 aromatic rings. The number of benzene rings is 4. The molecule has 0 fully saturated rings. The quantitative estimate of drug-likeness (QED) is 0.263. The van der Waals surface area contributed by atoms with E-state index in [1.54, 1.807) is 54.6 Å². The standard InChI is InChI=1S/C29H27ClN2O4S/c1-21-11-14-26(15-12-21)37(34,35)32(19-23-8-6-7-22(2)17-23)20-29(33)31-27-18-24(30)13-16-28(27)36-25-9-4-3-5-10-25/h3-18H,19-20H2,1-2H3,(H,31,33). The van der Waals surface area contributed by atoms with Crippen molar-refractivity contribution in [3.8, 4) is 11.5 Å². The minimum atomic E-state index is -3.97. The van der Waals surface area contributed by atoms with Gasteiger partial charge in [0.2, 0.25) is 15.9 Å². The molecule has 0 spiro atoms. The number of rotatable bonds is 9. The number of carbonyl (C=O) groups excluding carboxylic acids is 1. The third-order valence-electron chi connectivity index (χ3n) is 5.61. The second kappa shape index (κ2) is 11.6. The molecule has 0 heterocycles. The number of hydrogen-bond donors (Lipinski definition) is 1. The molecule has 0 bridgehead atoms. The minimum absolute atomic E-state index is 0.0359. The normalized spacial score (nSPS) is 11.4. The maximum absolute atomic E-state index is 13.6. The van der Waals surface area contributed by atoms with Crippen LogP contribution in [0.25, 0.3) is 0 Å². The van der Waals surface area contributed by atoms with E-state index in [9.17, 15) is 13.2 Å². The van der Waals surface area contributed by atoms with Crippen LogP contribution in [0, 0.1) is 13.8 Å². The highest BCUT2D eigenvalue weighted by atomic mass is 35.5. The fourth-order valence-corrected chi connectivity index (χ4v) is 5.31. The molecule has 37 heavy (non-hydrogen) atoms. The van der Waals surface area contributed by atoms with Gasteiger partial charge in [0.05, 0.1) is 17.1 Å². The van der Waals surface area contributed by atoms with Crippen LogP contribution in [0.1, 0.15) is 16.7 Å². The number of nitrogens with one attached hydrogen (secondary N) is 1. The molecule has 0 atom stereocenters. The van der Waals surface area contributed by atoms with Gasteiger partial charge in [-0.3, -0.25) is 4.79 Å². The van der Waals surface area contributed by atoms with E-state index < -0.39 is 22.5 Å². The maximum Gasteiger partial charge on any atom is 0.243 e. The van der Waals surface area contributed by atoms with E-state index in [-0.39, 0.29) is 11.4 Å². The lowest BCUT2D eigenvalue weighted by atomic mass is 10.1. The van der Waals surface area contributed by atoms with Crippen molar-refractivity contribution in [1.82, 2.24) is 4.31 Å². The van der Waals surface area contributed by atoms with Crippen molar-refractivity contribution in [2.24, 2.45) is 0 Å². The number of amides is 1. The molecule has 0 saturated carbocycles. The van der Waals surface area contributed by atoms with Crippen molar-refractivity contribution < 1.29 is 17.9 Å². The van der Waals surface area contributed by atoms with Crippen LogP contribution in [0.3, 0.4) is 0 Å². The molecule has 4 rings (SSSR count). The minimum Gasteiger partial charge on any atom is -0.455 e. The Morgan fingerprint density at radius 2 is 1.59 bits per heavy atom. The Kier molecular flexibility index (Phi) is 8.28. The molecule has 1 N–H and O–H groups in total. The van der Waals surface area contributed by atoms with E-state index in [1.165, 1.54) is 4.31 Å². The maximum atomic E-state index is 13.6. The van der Waals surface area contributed by atoms with Gasteiger partial charge in [-0.15, -0.1) is 0 Å². The van der Waals surface area contributed by atoms with Gasteiger partial charge in [0.15, 0.2) is 5.75 Å². The molecule has 0 unspecified atom stereocenters. The first-order valence-electron chi connectivity index (χ1n) is 11.7. The summed E-state index contributed by atoms with van der Waals surface area (Å²) >= 11 is 6.18. The van der Waals surface area contributed by atoms with Gasteiger partial charge in [-0.2, -0.15) is 4.31 Å². The number of para-hydroxylation sites is 1. The van der Waals surface area contributed by atoms with Crippen molar-refractivity contribution in [1.29, 1.82) is 0 Å². The van der Waals surface area contributed by atoms with Gasteiger partial charge in [0.1, 0.15) is 5.75 Å². The summed E-state index contributed by atoms with van der Waals surface area (Å²) in [6.45, 7) is 3.45. The van der Waals surface area contributed by atoms with Crippen LogP contribution in [-0.2, 0) is 21.4 Å². The van der Waals surface area contributed by atoms with Crippen LogP contribution in [0.15, 0.2) is 102 Å². The number of sulfonamides is 1. The summed E-state index contributed by atoms with van der Waals surface area (Å²) < 4.78 is 34.3. The summed E-state index contributed by atoms with van der Waals surface area (Å²) in [6, 6.07) is 28.1. The molecule has 8 heteroatoms. The molecule has 0 aromatic heterocycles. The molecule has 0 aliphatic carbocycles. The number of nitrogens with zero attached hydrogens (tertiary/aromatic N) is 1. The summed E-state index contributed by atoms with van der Waals surface area (Å²) in [5.41, 5.74) is 3.05. The molecule has 6 nitrogen and oxygen atoms in total. The fraction of sp³-hybridized carbons (Fsp3) is 0.138. The zero-order valence-electron chi connectivity index (χ0n) is 20.5. The highest BCUT2D eigenvalue weighted by Crippen LogP contribution is 2.32. The Morgan fingerprint density at radius 1 is 0.865 bits per heavy atom. The second-order valence-electron chi connectivity index (χ2n) is 8.68. The molecule has 4 aromatic carbocycles. The van der Waals surface area contributed by atoms with Crippen LogP contribution in [0.5, 0.6) is 11.5 Å². The molecule has 0 aliphatic heterocycles. The van der Waals surface area contributed by atoms with Crippen molar-refractivity contribution >= 4 is 33.2 Å². The van der Waals surface area contributed by atoms with E-state index in [0.29, 0.717) is 22.2 Å². The summed E-state index contributed by atoms with van der Waals surface area (Å²) in [5, 5.41) is 3.18. The first kappa shape index (κ1) is 26.4. The summed E-state index contributed by atoms with van der Waals surface area (Å²) in [4.78, 5) is 13.3. The average molecular weight is 535 g/mol. The Bertz CT molecular complexity index is 1490. The summed E-state index contributed by atoms with van der Waals surface area (Å²) in [6.07, 6.45) is 0. The Hall–Kier alpha value is -3.65. The zero-order valence-corrected chi connectivity index (χ0v) is 22.1. The predicted molar refractivity (Wildman–Crippen MR) is 147 cm³/mol. The van der Waals surface area contributed by atoms with Crippen molar-refractivity contribution in [2.45, 2.75) is 25.3 Å². The smallest absolute Gasteiger partial charge is 0.243 e.